The molecule has 0 radical (unpaired) electrons. The fraction of sp³-hybridized carbons (Fsp3) is 0.310. The molecule has 3 aromatic rings. The van der Waals surface area contributed by atoms with Gasteiger partial charge >= 0.3 is 5.97 Å². The van der Waals surface area contributed by atoms with Crippen molar-refractivity contribution in [1.82, 2.24) is 0 Å². The Kier molecular flexibility index (Phi) is 9.72. The number of unbranched alkanes of at least 4 members (excludes halogenated alkanes) is 2. The van der Waals surface area contributed by atoms with Crippen molar-refractivity contribution in [2.75, 3.05) is 35.7 Å². The number of esters is 1. The molecule has 0 unspecified atom stereocenters. The van der Waals surface area contributed by atoms with Gasteiger partial charge in [-0.25, -0.2) is 4.79 Å². The van der Waals surface area contributed by atoms with Crippen molar-refractivity contribution >= 4 is 34.6 Å². The van der Waals surface area contributed by atoms with Crippen LogP contribution in [0.4, 0.5) is 22.7 Å². The van der Waals surface area contributed by atoms with Gasteiger partial charge in [0, 0.05) is 35.7 Å². The summed E-state index contributed by atoms with van der Waals surface area (Å²) in [5.74, 6) is -0.581. The Hall–Kier alpha value is -3.80. The van der Waals surface area contributed by atoms with E-state index in [1.807, 2.05) is 36.4 Å². The molecule has 0 fully saturated rings. The number of carbonyl (C=O) groups is 2. The van der Waals surface area contributed by atoms with Crippen LogP contribution in [0.15, 0.2) is 72.8 Å². The third-order valence-corrected chi connectivity index (χ3v) is 5.81. The number of nitrogens with zero attached hydrogens (tertiary/aromatic N) is 1. The first-order valence-corrected chi connectivity index (χ1v) is 12.3. The zero-order valence-electron chi connectivity index (χ0n) is 20.8. The highest BCUT2D eigenvalue weighted by atomic mass is 16.5. The molecule has 6 heteroatoms. The average Bonchev–Trinajstić information content (AvgIpc) is 2.89. The monoisotopic (exact) mass is 473 g/mol. The zero-order valence-corrected chi connectivity index (χ0v) is 20.8. The molecule has 0 aliphatic carbocycles. The second-order valence-electron chi connectivity index (χ2n) is 8.43. The topological polar surface area (TPSA) is 70.7 Å². The van der Waals surface area contributed by atoms with Crippen molar-refractivity contribution in [2.24, 2.45) is 0 Å². The average molecular weight is 474 g/mol. The SMILES string of the molecule is CCCCN(CCCC)c1ccc(NC(=O)c2ccc(Nc3ccccc3C(=O)OC)cc2)cc1. The van der Waals surface area contributed by atoms with Crippen LogP contribution in [0.1, 0.15) is 60.2 Å². The van der Waals surface area contributed by atoms with E-state index < -0.39 is 5.97 Å². The van der Waals surface area contributed by atoms with E-state index >= 15 is 0 Å². The number of benzene rings is 3. The van der Waals surface area contributed by atoms with Crippen molar-refractivity contribution in [3.05, 3.63) is 83.9 Å². The predicted molar refractivity (Wildman–Crippen MR) is 144 cm³/mol. The summed E-state index contributed by atoms with van der Waals surface area (Å²) in [5.41, 5.74) is 4.35. The van der Waals surface area contributed by atoms with Crippen molar-refractivity contribution in [3.63, 3.8) is 0 Å². The van der Waals surface area contributed by atoms with Crippen LogP contribution in [0.3, 0.4) is 0 Å². The molecule has 3 aromatic carbocycles. The number of amides is 1. The molecule has 1 amide bonds. The molecule has 0 heterocycles. The molecule has 3 rings (SSSR count). The van der Waals surface area contributed by atoms with Crippen molar-refractivity contribution in [3.8, 4) is 0 Å². The molecular formula is C29H35N3O3. The van der Waals surface area contributed by atoms with Gasteiger partial charge in [0.25, 0.3) is 5.91 Å². The second-order valence-corrected chi connectivity index (χ2v) is 8.43. The van der Waals surface area contributed by atoms with Gasteiger partial charge in [0.2, 0.25) is 0 Å². The Morgan fingerprint density at radius 2 is 1.40 bits per heavy atom. The second kappa shape index (κ2) is 13.2. The molecule has 0 aromatic heterocycles. The first kappa shape index (κ1) is 25.8. The lowest BCUT2D eigenvalue weighted by atomic mass is 10.1. The Morgan fingerprint density at radius 1 is 0.800 bits per heavy atom. The minimum atomic E-state index is -0.408. The number of hydrogen-bond donors (Lipinski definition) is 2. The van der Waals surface area contributed by atoms with E-state index in [1.165, 1.54) is 38.5 Å². The predicted octanol–water partition coefficient (Wildman–Crippen LogP) is 6.88. The van der Waals surface area contributed by atoms with Crippen molar-refractivity contribution in [1.29, 1.82) is 0 Å². The van der Waals surface area contributed by atoms with Gasteiger partial charge < -0.3 is 20.3 Å². The normalized spacial score (nSPS) is 10.5. The van der Waals surface area contributed by atoms with Gasteiger partial charge in [-0.05, 0) is 73.5 Å². The van der Waals surface area contributed by atoms with Crippen LogP contribution in [0, 0.1) is 0 Å². The van der Waals surface area contributed by atoms with E-state index in [9.17, 15) is 9.59 Å². The fourth-order valence-corrected chi connectivity index (χ4v) is 3.77. The van der Waals surface area contributed by atoms with Gasteiger partial charge in [-0.3, -0.25) is 4.79 Å². The summed E-state index contributed by atoms with van der Waals surface area (Å²) in [6.07, 6.45) is 4.67. The molecule has 184 valence electrons. The van der Waals surface area contributed by atoms with E-state index in [-0.39, 0.29) is 5.91 Å². The number of rotatable bonds is 12. The summed E-state index contributed by atoms with van der Waals surface area (Å²) in [6.45, 7) is 6.51. The first-order valence-electron chi connectivity index (χ1n) is 12.3. The summed E-state index contributed by atoms with van der Waals surface area (Å²) >= 11 is 0. The Bertz CT molecular complexity index is 1090. The molecule has 0 saturated heterocycles. The highest BCUT2D eigenvalue weighted by Crippen LogP contribution is 2.23. The molecule has 0 aliphatic heterocycles. The van der Waals surface area contributed by atoms with Crippen LogP contribution >= 0.6 is 0 Å². The van der Waals surface area contributed by atoms with E-state index in [1.54, 1.807) is 24.3 Å². The number of ether oxygens (including phenoxy) is 1. The largest absolute Gasteiger partial charge is 0.465 e. The molecule has 0 saturated carbocycles. The fourth-order valence-electron chi connectivity index (χ4n) is 3.77. The molecule has 2 N–H and O–H groups in total. The van der Waals surface area contributed by atoms with Crippen LogP contribution in [0.25, 0.3) is 0 Å². The van der Waals surface area contributed by atoms with Crippen LogP contribution in [0.5, 0.6) is 0 Å². The van der Waals surface area contributed by atoms with Gasteiger partial charge in [-0.2, -0.15) is 0 Å². The van der Waals surface area contributed by atoms with Crippen LogP contribution in [-0.2, 0) is 4.74 Å². The van der Waals surface area contributed by atoms with Gasteiger partial charge in [-0.15, -0.1) is 0 Å². The Labute approximate surface area is 208 Å². The number of nitrogens with one attached hydrogen (secondary N) is 2. The summed E-state index contributed by atoms with van der Waals surface area (Å²) in [7, 11) is 1.36. The van der Waals surface area contributed by atoms with E-state index in [4.69, 9.17) is 4.74 Å². The standard InChI is InChI=1S/C29H35N3O3/c1-4-6-20-32(21-7-5-2)25-18-16-24(17-19-25)31-28(33)22-12-14-23(15-13-22)30-27-11-9-8-10-26(27)29(34)35-3/h8-19,30H,4-7,20-21H2,1-3H3,(H,31,33). The third-order valence-electron chi connectivity index (χ3n) is 5.81. The summed E-state index contributed by atoms with van der Waals surface area (Å²) in [4.78, 5) is 27.2. The van der Waals surface area contributed by atoms with Gasteiger partial charge in [0.1, 0.15) is 0 Å². The van der Waals surface area contributed by atoms with Gasteiger partial charge in [0.15, 0.2) is 0 Å². The van der Waals surface area contributed by atoms with Crippen molar-refractivity contribution in [2.45, 2.75) is 39.5 Å². The third kappa shape index (κ3) is 7.34. The Morgan fingerprint density at radius 3 is 2.00 bits per heavy atom. The lowest BCUT2D eigenvalue weighted by molar-refractivity contribution is 0.0601. The molecule has 0 atom stereocenters. The summed E-state index contributed by atoms with van der Waals surface area (Å²) < 4.78 is 4.84. The van der Waals surface area contributed by atoms with E-state index in [0.29, 0.717) is 16.8 Å². The number of anilines is 4. The van der Waals surface area contributed by atoms with Crippen LogP contribution in [-0.4, -0.2) is 32.1 Å². The van der Waals surface area contributed by atoms with E-state index in [2.05, 4.69) is 41.5 Å². The quantitative estimate of drug-likeness (QED) is 0.281. The lowest BCUT2D eigenvalue weighted by Crippen LogP contribution is -2.25. The lowest BCUT2D eigenvalue weighted by Gasteiger charge is -2.25. The number of carbonyl (C=O) groups excluding carboxylic acids is 2. The molecule has 35 heavy (non-hydrogen) atoms. The molecule has 6 nitrogen and oxygen atoms in total. The molecule has 0 aliphatic rings. The minimum Gasteiger partial charge on any atom is -0.465 e. The molecule has 0 bridgehead atoms. The number of hydrogen-bond acceptors (Lipinski definition) is 5. The van der Waals surface area contributed by atoms with E-state index in [0.717, 1.165) is 24.5 Å². The summed E-state index contributed by atoms with van der Waals surface area (Å²) in [5, 5.41) is 6.18. The molecule has 0 spiro atoms. The van der Waals surface area contributed by atoms with Crippen molar-refractivity contribution < 1.29 is 14.3 Å². The molecular weight excluding hydrogens is 438 g/mol. The van der Waals surface area contributed by atoms with Crippen LogP contribution in [0.2, 0.25) is 0 Å². The maximum atomic E-state index is 12.8. The minimum absolute atomic E-state index is 0.173. The zero-order chi connectivity index (χ0) is 25.0. The highest BCUT2D eigenvalue weighted by Gasteiger charge is 2.12. The number of para-hydroxylation sites is 1. The Balaban J connectivity index is 1.63. The maximum absolute atomic E-state index is 12.8. The highest BCUT2D eigenvalue weighted by molar-refractivity contribution is 6.04. The maximum Gasteiger partial charge on any atom is 0.339 e. The summed E-state index contributed by atoms with van der Waals surface area (Å²) in [6, 6.07) is 22.3. The van der Waals surface area contributed by atoms with Crippen LogP contribution < -0.4 is 15.5 Å². The number of methoxy groups -OCH3 is 1. The smallest absolute Gasteiger partial charge is 0.339 e. The van der Waals surface area contributed by atoms with Gasteiger partial charge in [-0.1, -0.05) is 38.8 Å². The first-order chi connectivity index (χ1) is 17.0. The van der Waals surface area contributed by atoms with Gasteiger partial charge in [0.05, 0.1) is 18.4 Å².